The Balaban J connectivity index is 1.37. The predicted molar refractivity (Wildman–Crippen MR) is 95.8 cm³/mol. The zero-order chi connectivity index (χ0) is 17.9. The molecule has 1 aromatic carbocycles. The van der Waals surface area contributed by atoms with Crippen molar-refractivity contribution < 1.29 is 9.53 Å². The fraction of sp³-hybridized carbons (Fsp3) is 0.263. The maximum atomic E-state index is 12.3. The highest BCUT2D eigenvalue weighted by molar-refractivity contribution is 5.94. The molecule has 7 heteroatoms. The lowest BCUT2D eigenvalue weighted by Crippen LogP contribution is -2.22. The van der Waals surface area contributed by atoms with Crippen molar-refractivity contribution in [1.29, 1.82) is 0 Å². The Morgan fingerprint density at radius 1 is 1.19 bits per heavy atom. The molecular formula is C19H19N5O2. The zero-order valence-electron chi connectivity index (χ0n) is 14.4. The third-order valence-electron chi connectivity index (χ3n) is 4.38. The van der Waals surface area contributed by atoms with E-state index in [1.165, 1.54) is 12.8 Å². The highest BCUT2D eigenvalue weighted by Gasteiger charge is 2.26. The lowest BCUT2D eigenvalue weighted by atomic mass is 10.1. The highest BCUT2D eigenvalue weighted by Crippen LogP contribution is 2.38. The summed E-state index contributed by atoms with van der Waals surface area (Å²) in [5.41, 5.74) is 4.23. The van der Waals surface area contributed by atoms with Crippen LogP contribution in [0, 0.1) is 0 Å². The van der Waals surface area contributed by atoms with Gasteiger partial charge in [0.1, 0.15) is 0 Å². The monoisotopic (exact) mass is 349 g/mol. The van der Waals surface area contributed by atoms with Crippen LogP contribution in [0.2, 0.25) is 0 Å². The maximum Gasteiger partial charge on any atom is 0.251 e. The fourth-order valence-corrected chi connectivity index (χ4v) is 2.71. The van der Waals surface area contributed by atoms with Gasteiger partial charge in [-0.1, -0.05) is 12.1 Å². The first-order valence-electron chi connectivity index (χ1n) is 8.53. The van der Waals surface area contributed by atoms with Crippen molar-refractivity contribution in [2.45, 2.75) is 25.3 Å². The van der Waals surface area contributed by atoms with Gasteiger partial charge < -0.3 is 10.1 Å². The van der Waals surface area contributed by atoms with Crippen LogP contribution >= 0.6 is 0 Å². The lowest BCUT2D eigenvalue weighted by molar-refractivity contribution is 0.0950. The minimum Gasteiger partial charge on any atom is -0.480 e. The molecule has 0 aliphatic heterocycles. The SMILES string of the molecule is COc1ccc(-c2ccc(C(=O)NCc3cc(C4CC4)n[nH]3)cc2)nn1. The standard InChI is InChI=1S/C19H19N5O2/c1-26-18-9-8-16(22-24-18)12-4-6-14(7-5-12)19(25)20-11-15-10-17(23-21-15)13-2-3-13/h4-10,13H,2-3,11H2,1H3,(H,20,25)(H,21,23). The smallest absolute Gasteiger partial charge is 0.251 e. The van der Waals surface area contributed by atoms with Crippen LogP contribution in [0.3, 0.4) is 0 Å². The van der Waals surface area contributed by atoms with Crippen LogP contribution in [0.5, 0.6) is 5.88 Å². The summed E-state index contributed by atoms with van der Waals surface area (Å²) >= 11 is 0. The number of methoxy groups -OCH3 is 1. The van der Waals surface area contributed by atoms with Crippen LogP contribution in [0.1, 0.15) is 40.5 Å². The van der Waals surface area contributed by atoms with Crippen LogP contribution < -0.4 is 10.1 Å². The summed E-state index contributed by atoms with van der Waals surface area (Å²) in [5.74, 6) is 0.942. The number of aromatic amines is 1. The van der Waals surface area contributed by atoms with Crippen molar-refractivity contribution in [1.82, 2.24) is 25.7 Å². The number of H-pyrrole nitrogens is 1. The largest absolute Gasteiger partial charge is 0.480 e. The van der Waals surface area contributed by atoms with Gasteiger partial charge in [0.05, 0.1) is 30.7 Å². The first-order chi connectivity index (χ1) is 12.7. The van der Waals surface area contributed by atoms with Gasteiger partial charge in [0.2, 0.25) is 5.88 Å². The summed E-state index contributed by atoms with van der Waals surface area (Å²) in [5, 5.41) is 18.2. The maximum absolute atomic E-state index is 12.3. The topological polar surface area (TPSA) is 92.8 Å². The van der Waals surface area contributed by atoms with Gasteiger partial charge >= 0.3 is 0 Å². The fourth-order valence-electron chi connectivity index (χ4n) is 2.71. The molecule has 1 aliphatic rings. The van der Waals surface area contributed by atoms with E-state index in [0.717, 1.165) is 22.6 Å². The minimum absolute atomic E-state index is 0.125. The third-order valence-corrected chi connectivity index (χ3v) is 4.38. The summed E-state index contributed by atoms with van der Waals surface area (Å²) in [4.78, 5) is 12.3. The Kier molecular flexibility index (Phi) is 4.35. The summed E-state index contributed by atoms with van der Waals surface area (Å²) in [6.07, 6.45) is 2.42. The molecule has 0 spiro atoms. The van der Waals surface area contributed by atoms with Gasteiger partial charge in [0.15, 0.2) is 0 Å². The molecule has 1 saturated carbocycles. The van der Waals surface area contributed by atoms with E-state index in [1.54, 1.807) is 25.3 Å². The quantitative estimate of drug-likeness (QED) is 0.714. The molecule has 1 aliphatic carbocycles. The summed E-state index contributed by atoms with van der Waals surface area (Å²) in [7, 11) is 1.55. The number of carbonyl (C=O) groups excluding carboxylic acids is 1. The number of amides is 1. The van der Waals surface area contributed by atoms with Crippen LogP contribution in [-0.4, -0.2) is 33.4 Å². The van der Waals surface area contributed by atoms with E-state index in [1.807, 2.05) is 24.3 Å². The molecule has 2 aromatic heterocycles. The summed E-state index contributed by atoms with van der Waals surface area (Å²) in [6, 6.07) is 12.9. The number of hydrogen-bond donors (Lipinski definition) is 2. The second kappa shape index (κ2) is 6.95. The number of rotatable bonds is 6. The molecule has 1 fully saturated rings. The molecule has 2 heterocycles. The number of carbonyl (C=O) groups is 1. The van der Waals surface area contributed by atoms with Gasteiger partial charge in [-0.2, -0.15) is 5.10 Å². The van der Waals surface area contributed by atoms with E-state index < -0.39 is 0 Å². The number of nitrogens with zero attached hydrogens (tertiary/aromatic N) is 3. The zero-order valence-corrected chi connectivity index (χ0v) is 14.4. The van der Waals surface area contributed by atoms with Gasteiger partial charge in [-0.3, -0.25) is 9.89 Å². The highest BCUT2D eigenvalue weighted by atomic mass is 16.5. The Labute approximate surface area is 150 Å². The van der Waals surface area contributed by atoms with Gasteiger partial charge in [0.25, 0.3) is 5.91 Å². The van der Waals surface area contributed by atoms with Crippen LogP contribution in [0.15, 0.2) is 42.5 Å². The van der Waals surface area contributed by atoms with E-state index in [-0.39, 0.29) is 5.91 Å². The Bertz CT molecular complexity index is 898. The van der Waals surface area contributed by atoms with Crippen molar-refractivity contribution in [2.75, 3.05) is 7.11 Å². The molecule has 132 valence electrons. The summed E-state index contributed by atoms with van der Waals surface area (Å²) in [6.45, 7) is 0.435. The third kappa shape index (κ3) is 3.56. The average Bonchev–Trinajstić information content (AvgIpc) is 3.44. The predicted octanol–water partition coefficient (Wildman–Crippen LogP) is 2.68. The molecule has 4 rings (SSSR count). The van der Waals surface area contributed by atoms with Gasteiger partial charge in [-0.05, 0) is 37.1 Å². The molecule has 1 amide bonds. The van der Waals surface area contributed by atoms with Gasteiger partial charge in [0, 0.05) is 23.1 Å². The van der Waals surface area contributed by atoms with E-state index in [4.69, 9.17) is 4.74 Å². The number of aromatic nitrogens is 4. The molecule has 2 N–H and O–H groups in total. The molecule has 0 atom stereocenters. The van der Waals surface area contributed by atoms with E-state index in [2.05, 4.69) is 25.7 Å². The first kappa shape index (κ1) is 16.3. The van der Waals surface area contributed by atoms with Gasteiger partial charge in [-0.15, -0.1) is 10.2 Å². The molecule has 0 bridgehead atoms. The van der Waals surface area contributed by atoms with E-state index >= 15 is 0 Å². The van der Waals surface area contributed by atoms with Crippen molar-refractivity contribution in [3.8, 4) is 17.1 Å². The molecule has 0 saturated heterocycles. The minimum atomic E-state index is -0.125. The van der Waals surface area contributed by atoms with E-state index in [9.17, 15) is 4.79 Å². The Hall–Kier alpha value is -3.22. The average molecular weight is 349 g/mol. The molecule has 3 aromatic rings. The number of hydrogen-bond acceptors (Lipinski definition) is 5. The number of nitrogens with one attached hydrogen (secondary N) is 2. The molecule has 0 radical (unpaired) electrons. The first-order valence-corrected chi connectivity index (χ1v) is 8.53. The van der Waals surface area contributed by atoms with E-state index in [0.29, 0.717) is 23.9 Å². The van der Waals surface area contributed by atoms with Crippen molar-refractivity contribution >= 4 is 5.91 Å². The van der Waals surface area contributed by atoms with Crippen molar-refractivity contribution in [2.24, 2.45) is 0 Å². The second-order valence-corrected chi connectivity index (χ2v) is 6.31. The van der Waals surface area contributed by atoms with Crippen molar-refractivity contribution in [3.63, 3.8) is 0 Å². The second-order valence-electron chi connectivity index (χ2n) is 6.31. The number of ether oxygens (including phenoxy) is 1. The summed E-state index contributed by atoms with van der Waals surface area (Å²) < 4.78 is 5.00. The molecule has 0 unspecified atom stereocenters. The van der Waals surface area contributed by atoms with Crippen molar-refractivity contribution in [3.05, 3.63) is 59.4 Å². The lowest BCUT2D eigenvalue weighted by Gasteiger charge is -2.05. The van der Waals surface area contributed by atoms with Crippen LogP contribution in [-0.2, 0) is 6.54 Å². The molecule has 7 nitrogen and oxygen atoms in total. The Morgan fingerprint density at radius 3 is 2.65 bits per heavy atom. The van der Waals surface area contributed by atoms with Crippen LogP contribution in [0.4, 0.5) is 0 Å². The Morgan fingerprint density at radius 2 is 2.00 bits per heavy atom. The number of benzene rings is 1. The van der Waals surface area contributed by atoms with Crippen LogP contribution in [0.25, 0.3) is 11.3 Å². The van der Waals surface area contributed by atoms with Gasteiger partial charge in [-0.25, -0.2) is 0 Å². The molecular weight excluding hydrogens is 330 g/mol. The molecule has 26 heavy (non-hydrogen) atoms. The normalized spacial score (nSPS) is 13.4.